The average molecular weight is 327 g/mol. The van der Waals surface area contributed by atoms with E-state index in [1.54, 1.807) is 7.11 Å². The number of rotatable bonds is 4. The van der Waals surface area contributed by atoms with E-state index in [1.807, 2.05) is 78.9 Å². The molecule has 0 amide bonds. The first-order valence-corrected chi connectivity index (χ1v) is 8.13. The van der Waals surface area contributed by atoms with E-state index in [1.165, 1.54) is 0 Å². The summed E-state index contributed by atoms with van der Waals surface area (Å²) < 4.78 is 5.30. The number of hydrogen-bond donors (Lipinski definition) is 1. The summed E-state index contributed by atoms with van der Waals surface area (Å²) in [6.07, 6.45) is 0. The van der Waals surface area contributed by atoms with Crippen molar-refractivity contribution in [2.45, 2.75) is 0 Å². The Morgan fingerprint density at radius 1 is 0.800 bits per heavy atom. The Kier molecular flexibility index (Phi) is 3.82. The van der Waals surface area contributed by atoms with Gasteiger partial charge in [0.25, 0.3) is 0 Å². The zero-order valence-corrected chi connectivity index (χ0v) is 13.8. The summed E-state index contributed by atoms with van der Waals surface area (Å²) in [4.78, 5) is 13.0. The van der Waals surface area contributed by atoms with Crippen molar-refractivity contribution < 1.29 is 9.53 Å². The van der Waals surface area contributed by atoms with E-state index in [-0.39, 0.29) is 5.78 Å². The number of ether oxygens (including phenoxy) is 1. The molecule has 0 heterocycles. The predicted octanol–water partition coefficient (Wildman–Crippen LogP) is 4.87. The van der Waals surface area contributed by atoms with Crippen LogP contribution >= 0.6 is 0 Å². The zero-order chi connectivity index (χ0) is 17.2. The van der Waals surface area contributed by atoms with Gasteiger partial charge in [-0.25, -0.2) is 0 Å². The molecule has 0 spiro atoms. The highest BCUT2D eigenvalue weighted by Gasteiger charge is 2.30. The van der Waals surface area contributed by atoms with E-state index in [9.17, 15) is 4.79 Å². The molecule has 0 saturated carbocycles. The van der Waals surface area contributed by atoms with Crippen molar-refractivity contribution in [1.82, 2.24) is 0 Å². The molecule has 3 aromatic rings. The van der Waals surface area contributed by atoms with Gasteiger partial charge < -0.3 is 10.1 Å². The van der Waals surface area contributed by atoms with Gasteiger partial charge in [0.15, 0.2) is 5.78 Å². The number of carbonyl (C=O) groups excluding carboxylic acids is 1. The fourth-order valence-electron chi connectivity index (χ4n) is 3.14. The molecule has 25 heavy (non-hydrogen) atoms. The van der Waals surface area contributed by atoms with Crippen LogP contribution in [-0.4, -0.2) is 12.9 Å². The lowest BCUT2D eigenvalue weighted by atomic mass is 10.0. The topological polar surface area (TPSA) is 38.3 Å². The van der Waals surface area contributed by atoms with Gasteiger partial charge in [-0.15, -0.1) is 0 Å². The van der Waals surface area contributed by atoms with Crippen molar-refractivity contribution in [3.05, 3.63) is 95.6 Å². The van der Waals surface area contributed by atoms with Crippen LogP contribution in [-0.2, 0) is 0 Å². The van der Waals surface area contributed by atoms with Crippen LogP contribution in [0.5, 0.6) is 5.75 Å². The van der Waals surface area contributed by atoms with E-state index in [2.05, 4.69) is 5.32 Å². The first-order chi connectivity index (χ1) is 12.3. The Balaban J connectivity index is 1.86. The van der Waals surface area contributed by atoms with Crippen LogP contribution in [0.2, 0.25) is 0 Å². The molecule has 0 unspecified atom stereocenters. The number of carbonyl (C=O) groups is 1. The lowest BCUT2D eigenvalue weighted by Crippen LogP contribution is -2.01. The van der Waals surface area contributed by atoms with Gasteiger partial charge in [-0.2, -0.15) is 0 Å². The number of nitrogens with one attached hydrogen (secondary N) is 1. The van der Waals surface area contributed by atoms with Crippen LogP contribution in [0.4, 0.5) is 5.69 Å². The normalized spacial score (nSPS) is 12.9. The number of benzene rings is 3. The monoisotopic (exact) mass is 327 g/mol. The molecule has 0 radical (unpaired) electrons. The van der Waals surface area contributed by atoms with E-state index in [4.69, 9.17) is 4.74 Å². The summed E-state index contributed by atoms with van der Waals surface area (Å²) >= 11 is 0. The maximum Gasteiger partial charge on any atom is 0.196 e. The Morgan fingerprint density at radius 3 is 2.28 bits per heavy atom. The second kappa shape index (κ2) is 6.29. The predicted molar refractivity (Wildman–Crippen MR) is 101 cm³/mol. The fraction of sp³-hybridized carbons (Fsp3) is 0.0455. The second-order valence-electron chi connectivity index (χ2n) is 5.85. The minimum Gasteiger partial charge on any atom is -0.497 e. The molecule has 0 fully saturated rings. The lowest BCUT2D eigenvalue weighted by molar-refractivity contribution is 0.105. The molecule has 0 bridgehead atoms. The van der Waals surface area contributed by atoms with Crippen molar-refractivity contribution in [2.24, 2.45) is 0 Å². The molecule has 3 nitrogen and oxygen atoms in total. The Bertz CT molecular complexity index is 974. The molecule has 0 aliphatic heterocycles. The molecule has 3 heteroatoms. The standard InChI is InChI=1S/C22H17NO2/c1-25-17-11-7-10-16(14-17)23-21-18-12-5-6-13-19(18)22(24)20(21)15-8-3-2-4-9-15/h2-14,23H,1H3. The van der Waals surface area contributed by atoms with E-state index in [0.717, 1.165) is 33.8 Å². The van der Waals surface area contributed by atoms with Crippen molar-refractivity contribution >= 4 is 22.7 Å². The van der Waals surface area contributed by atoms with Crippen molar-refractivity contribution in [3.8, 4) is 5.75 Å². The van der Waals surface area contributed by atoms with Gasteiger partial charge in [-0.1, -0.05) is 60.7 Å². The van der Waals surface area contributed by atoms with Gasteiger partial charge in [0, 0.05) is 22.9 Å². The Hall–Kier alpha value is -3.33. The van der Waals surface area contributed by atoms with Gasteiger partial charge in [0.05, 0.1) is 18.4 Å². The van der Waals surface area contributed by atoms with Crippen molar-refractivity contribution in [3.63, 3.8) is 0 Å². The summed E-state index contributed by atoms with van der Waals surface area (Å²) in [5.41, 5.74) is 4.98. The molecular weight excluding hydrogens is 310 g/mol. The first kappa shape index (κ1) is 15.2. The number of hydrogen-bond acceptors (Lipinski definition) is 3. The number of allylic oxidation sites excluding steroid dienone is 1. The zero-order valence-electron chi connectivity index (χ0n) is 13.8. The van der Waals surface area contributed by atoms with Crippen LogP contribution in [0.1, 0.15) is 21.5 Å². The smallest absolute Gasteiger partial charge is 0.196 e. The maximum absolute atomic E-state index is 13.0. The largest absolute Gasteiger partial charge is 0.497 e. The second-order valence-corrected chi connectivity index (χ2v) is 5.85. The van der Waals surface area contributed by atoms with Gasteiger partial charge in [0.2, 0.25) is 0 Å². The Labute approximate surface area is 146 Å². The minimum absolute atomic E-state index is 0.0483. The van der Waals surface area contributed by atoms with E-state index in [0.29, 0.717) is 5.57 Å². The third-order valence-corrected chi connectivity index (χ3v) is 4.32. The van der Waals surface area contributed by atoms with Gasteiger partial charge >= 0.3 is 0 Å². The minimum atomic E-state index is 0.0483. The molecule has 1 aliphatic carbocycles. The molecule has 0 aromatic heterocycles. The maximum atomic E-state index is 13.0. The summed E-state index contributed by atoms with van der Waals surface area (Å²) in [6, 6.07) is 25.2. The van der Waals surface area contributed by atoms with Crippen LogP contribution in [0, 0.1) is 0 Å². The summed E-state index contributed by atoms with van der Waals surface area (Å²) in [6.45, 7) is 0. The number of anilines is 1. The number of methoxy groups -OCH3 is 1. The van der Waals surface area contributed by atoms with Gasteiger partial charge in [-0.05, 0) is 17.7 Å². The lowest BCUT2D eigenvalue weighted by Gasteiger charge is -2.12. The van der Waals surface area contributed by atoms with E-state index < -0.39 is 0 Å². The SMILES string of the molecule is COc1cccc(NC2=C(c3ccccc3)C(=O)c3ccccc32)c1. The molecule has 0 saturated heterocycles. The van der Waals surface area contributed by atoms with Crippen LogP contribution in [0.3, 0.4) is 0 Å². The molecular formula is C22H17NO2. The van der Waals surface area contributed by atoms with Gasteiger partial charge in [-0.3, -0.25) is 4.79 Å². The number of Topliss-reactive ketones (excluding diaryl/α,β-unsaturated/α-hetero) is 1. The van der Waals surface area contributed by atoms with Crippen LogP contribution < -0.4 is 10.1 Å². The molecule has 4 rings (SSSR count). The van der Waals surface area contributed by atoms with Crippen LogP contribution in [0.25, 0.3) is 11.3 Å². The van der Waals surface area contributed by atoms with Crippen molar-refractivity contribution in [1.29, 1.82) is 0 Å². The summed E-state index contributed by atoms with van der Waals surface area (Å²) in [7, 11) is 1.64. The highest BCUT2D eigenvalue weighted by Crippen LogP contribution is 2.38. The molecule has 0 atom stereocenters. The third kappa shape index (κ3) is 2.70. The first-order valence-electron chi connectivity index (χ1n) is 8.13. The highest BCUT2D eigenvalue weighted by atomic mass is 16.5. The van der Waals surface area contributed by atoms with Crippen LogP contribution in [0.15, 0.2) is 78.9 Å². The third-order valence-electron chi connectivity index (χ3n) is 4.32. The molecule has 3 aromatic carbocycles. The number of fused-ring (bicyclic) bond motifs is 1. The average Bonchev–Trinajstić information content (AvgIpc) is 2.95. The Morgan fingerprint density at radius 2 is 1.52 bits per heavy atom. The highest BCUT2D eigenvalue weighted by molar-refractivity contribution is 6.40. The molecule has 1 N–H and O–H groups in total. The summed E-state index contributed by atoms with van der Waals surface area (Å²) in [5, 5.41) is 3.43. The van der Waals surface area contributed by atoms with Gasteiger partial charge in [0.1, 0.15) is 5.75 Å². The summed E-state index contributed by atoms with van der Waals surface area (Å²) in [5.74, 6) is 0.816. The number of ketones is 1. The van der Waals surface area contributed by atoms with E-state index >= 15 is 0 Å². The molecule has 1 aliphatic rings. The molecule has 122 valence electrons. The quantitative estimate of drug-likeness (QED) is 0.743. The fourth-order valence-corrected chi connectivity index (χ4v) is 3.14. The van der Waals surface area contributed by atoms with Crippen molar-refractivity contribution in [2.75, 3.05) is 12.4 Å².